The molecule has 0 aromatic carbocycles. The number of hydrogen-bond acceptors (Lipinski definition) is 4. The Labute approximate surface area is 52.0 Å². The number of hydroxylamine groups is 2. The highest BCUT2D eigenvalue weighted by molar-refractivity contribution is 7.95. The van der Waals surface area contributed by atoms with Gasteiger partial charge in [-0.25, -0.2) is 9.51 Å². The van der Waals surface area contributed by atoms with E-state index in [0.717, 1.165) is 12.0 Å². The van der Waals surface area contributed by atoms with Crippen LogP contribution in [0.25, 0.3) is 0 Å². The van der Waals surface area contributed by atoms with Crippen LogP contribution in [0.15, 0.2) is 12.7 Å². The van der Waals surface area contributed by atoms with Gasteiger partial charge < -0.3 is 5.21 Å². The van der Waals surface area contributed by atoms with E-state index in [1.165, 1.54) is 0 Å². The topological polar surface area (TPSA) is 35.5 Å². The highest BCUT2D eigenvalue weighted by atomic mass is 32.2. The molecule has 0 aliphatic carbocycles. The first-order valence-electron chi connectivity index (χ1n) is 2.23. The Morgan fingerprint density at radius 1 is 2.00 bits per heavy atom. The van der Waals surface area contributed by atoms with Gasteiger partial charge >= 0.3 is 0 Å². The minimum atomic E-state index is 0.146. The Hall–Kier alpha value is -0.0300. The van der Waals surface area contributed by atoms with E-state index in [-0.39, 0.29) is 5.25 Å². The van der Waals surface area contributed by atoms with Crippen molar-refractivity contribution in [2.45, 2.75) is 5.25 Å². The molecule has 1 heterocycles. The van der Waals surface area contributed by atoms with Crippen molar-refractivity contribution in [3.05, 3.63) is 17.9 Å². The molecule has 1 rings (SSSR count). The molecule has 1 saturated heterocycles. The Morgan fingerprint density at radius 3 is 3.00 bits per heavy atom. The summed E-state index contributed by atoms with van der Waals surface area (Å²) in [7, 11) is 0. The molecular formula is C4H6NO2S-. The van der Waals surface area contributed by atoms with E-state index in [4.69, 9.17) is 0 Å². The minimum Gasteiger partial charge on any atom is -0.761 e. The second kappa shape index (κ2) is 2.50. The number of nitrogens with zero attached hydrogens (tertiary/aromatic N) is 1. The maximum absolute atomic E-state index is 10.2. The lowest BCUT2D eigenvalue weighted by Gasteiger charge is -2.15. The second-order valence-electron chi connectivity index (χ2n) is 1.46. The summed E-state index contributed by atoms with van der Waals surface area (Å²) in [6.45, 7) is 3.91. The van der Waals surface area contributed by atoms with Crippen molar-refractivity contribution in [3.63, 3.8) is 0 Å². The first-order valence-corrected chi connectivity index (χ1v) is 3.04. The SMILES string of the molecule is C=CC1CN([O-])OS1. The maximum Gasteiger partial charge on any atom is 0.0648 e. The smallest absolute Gasteiger partial charge is 0.0648 e. The fraction of sp³-hybridized carbons (Fsp3) is 0.500. The predicted octanol–water partition coefficient (Wildman–Crippen LogP) is 0.934. The minimum absolute atomic E-state index is 0.146. The third kappa shape index (κ3) is 1.23. The van der Waals surface area contributed by atoms with Gasteiger partial charge in [0.25, 0.3) is 0 Å². The van der Waals surface area contributed by atoms with Gasteiger partial charge in [0.2, 0.25) is 0 Å². The summed E-state index contributed by atoms with van der Waals surface area (Å²) in [5, 5.41) is 10.9. The Morgan fingerprint density at radius 2 is 2.75 bits per heavy atom. The van der Waals surface area contributed by atoms with E-state index in [1.807, 2.05) is 0 Å². The molecule has 1 aliphatic rings. The van der Waals surface area contributed by atoms with E-state index < -0.39 is 0 Å². The molecule has 0 aromatic rings. The molecule has 1 unspecified atom stereocenters. The van der Waals surface area contributed by atoms with Crippen LogP contribution in [-0.2, 0) is 4.28 Å². The van der Waals surface area contributed by atoms with Crippen molar-refractivity contribution in [2.24, 2.45) is 0 Å². The zero-order valence-corrected chi connectivity index (χ0v) is 5.06. The molecule has 0 spiro atoms. The van der Waals surface area contributed by atoms with Gasteiger partial charge in [0.15, 0.2) is 0 Å². The third-order valence-electron chi connectivity index (χ3n) is 0.842. The zero-order valence-electron chi connectivity index (χ0n) is 4.24. The lowest BCUT2D eigenvalue weighted by Crippen LogP contribution is -2.11. The summed E-state index contributed by atoms with van der Waals surface area (Å²) in [5.41, 5.74) is 0. The lowest BCUT2D eigenvalue weighted by atomic mass is 10.4. The molecule has 0 saturated carbocycles. The van der Waals surface area contributed by atoms with Crippen molar-refractivity contribution in [3.8, 4) is 0 Å². The summed E-state index contributed by atoms with van der Waals surface area (Å²) in [6, 6.07) is 0. The van der Waals surface area contributed by atoms with Crippen LogP contribution in [0, 0.1) is 5.21 Å². The number of hydrogen-bond donors (Lipinski definition) is 0. The van der Waals surface area contributed by atoms with Gasteiger partial charge in [-0.3, -0.25) is 0 Å². The normalized spacial score (nSPS) is 30.9. The van der Waals surface area contributed by atoms with Crippen LogP contribution in [0.4, 0.5) is 0 Å². The van der Waals surface area contributed by atoms with E-state index in [9.17, 15) is 5.21 Å². The molecule has 1 aliphatic heterocycles. The van der Waals surface area contributed by atoms with Gasteiger partial charge in [-0.05, 0) is 0 Å². The second-order valence-corrected chi connectivity index (χ2v) is 2.41. The molecule has 4 heteroatoms. The summed E-state index contributed by atoms with van der Waals surface area (Å²) in [4.78, 5) is 0. The summed E-state index contributed by atoms with van der Waals surface area (Å²) >= 11 is 1.15. The molecule has 0 amide bonds. The highest BCUT2D eigenvalue weighted by Crippen LogP contribution is 2.23. The summed E-state index contributed by atoms with van der Waals surface area (Å²) in [6.07, 6.45) is 1.70. The van der Waals surface area contributed by atoms with Crippen LogP contribution in [0.5, 0.6) is 0 Å². The van der Waals surface area contributed by atoms with Crippen LogP contribution >= 0.6 is 12.0 Å². The quantitative estimate of drug-likeness (QED) is 0.393. The summed E-state index contributed by atoms with van der Waals surface area (Å²) in [5.74, 6) is 0. The van der Waals surface area contributed by atoms with Gasteiger partial charge in [-0.1, -0.05) is 6.08 Å². The third-order valence-corrected chi connectivity index (χ3v) is 1.68. The largest absolute Gasteiger partial charge is 0.761 e. The van der Waals surface area contributed by atoms with Crippen molar-refractivity contribution < 1.29 is 4.28 Å². The molecule has 0 radical (unpaired) electrons. The van der Waals surface area contributed by atoms with E-state index in [2.05, 4.69) is 10.9 Å². The van der Waals surface area contributed by atoms with Crippen molar-refractivity contribution >= 4 is 12.0 Å². The van der Waals surface area contributed by atoms with Crippen LogP contribution < -0.4 is 0 Å². The monoisotopic (exact) mass is 132 g/mol. The molecule has 3 nitrogen and oxygen atoms in total. The molecule has 1 atom stereocenters. The van der Waals surface area contributed by atoms with Crippen LogP contribution in [0.3, 0.4) is 0 Å². The molecule has 1 fully saturated rings. The van der Waals surface area contributed by atoms with E-state index in [1.54, 1.807) is 6.08 Å². The highest BCUT2D eigenvalue weighted by Gasteiger charge is 2.14. The van der Waals surface area contributed by atoms with Crippen molar-refractivity contribution in [1.82, 2.24) is 5.23 Å². The zero-order chi connectivity index (χ0) is 5.98. The summed E-state index contributed by atoms with van der Waals surface area (Å²) < 4.78 is 4.48. The first-order chi connectivity index (χ1) is 3.83. The maximum atomic E-state index is 10.2. The van der Waals surface area contributed by atoms with Gasteiger partial charge in [-0.15, -0.1) is 6.58 Å². The molecule has 8 heavy (non-hydrogen) atoms. The average molecular weight is 132 g/mol. The van der Waals surface area contributed by atoms with Crippen LogP contribution in [-0.4, -0.2) is 17.0 Å². The van der Waals surface area contributed by atoms with Crippen molar-refractivity contribution in [1.29, 1.82) is 0 Å². The predicted molar refractivity (Wildman–Crippen MR) is 32.7 cm³/mol. The molecule has 0 aromatic heterocycles. The number of rotatable bonds is 1. The van der Waals surface area contributed by atoms with Crippen LogP contribution in [0.1, 0.15) is 0 Å². The fourth-order valence-corrected chi connectivity index (χ4v) is 0.953. The molecule has 0 N–H and O–H groups in total. The van der Waals surface area contributed by atoms with Gasteiger partial charge in [0.05, 0.1) is 5.25 Å². The van der Waals surface area contributed by atoms with Crippen molar-refractivity contribution in [2.75, 3.05) is 6.54 Å². The Bertz CT molecular complexity index is 98.0. The Kier molecular flexibility index (Phi) is 1.90. The molecule has 46 valence electrons. The van der Waals surface area contributed by atoms with E-state index >= 15 is 0 Å². The Balaban J connectivity index is 2.32. The van der Waals surface area contributed by atoms with Gasteiger partial charge in [-0.2, -0.15) is 0 Å². The van der Waals surface area contributed by atoms with Gasteiger partial charge in [0.1, 0.15) is 0 Å². The molecular weight excluding hydrogens is 126 g/mol. The van der Waals surface area contributed by atoms with Crippen LogP contribution in [0.2, 0.25) is 0 Å². The fourth-order valence-electron chi connectivity index (χ4n) is 0.425. The first kappa shape index (κ1) is 6.10. The standard InChI is InChI=1S/C4H6NO2S/c1-2-4-3-5(6)7-8-4/h2,4H,1,3H2/q-1. The molecule has 0 bridgehead atoms. The van der Waals surface area contributed by atoms with E-state index in [0.29, 0.717) is 11.8 Å². The lowest BCUT2D eigenvalue weighted by molar-refractivity contribution is 0.0437. The van der Waals surface area contributed by atoms with Gasteiger partial charge in [0, 0.05) is 18.6 Å². The average Bonchev–Trinajstić information content (AvgIpc) is 2.14.